The number of hydrogen-bond acceptors (Lipinski definition) is 7. The molecule has 0 spiro atoms. The number of nitrogens with zero attached hydrogens (tertiary/aromatic N) is 3. The van der Waals surface area contributed by atoms with Gasteiger partial charge in [0.1, 0.15) is 5.82 Å². The van der Waals surface area contributed by atoms with Gasteiger partial charge in [-0.1, -0.05) is 35.3 Å². The van der Waals surface area contributed by atoms with Crippen LogP contribution in [0.2, 0.25) is 10.0 Å². The van der Waals surface area contributed by atoms with Crippen molar-refractivity contribution in [2.24, 2.45) is 0 Å². The number of carbonyl (C=O) groups is 1. The SMILES string of the molecule is Nc1ncc(-c2cccc(C(=O)NCCCN3CCOCC3)c2)nc1OCCc1c(Cl)ccc(F)c1Cl. The molecule has 0 bridgehead atoms. The van der Waals surface area contributed by atoms with E-state index >= 15 is 0 Å². The summed E-state index contributed by atoms with van der Waals surface area (Å²) in [5.41, 5.74) is 8.08. The predicted molar refractivity (Wildman–Crippen MR) is 142 cm³/mol. The average molecular weight is 548 g/mol. The molecular weight excluding hydrogens is 520 g/mol. The van der Waals surface area contributed by atoms with Gasteiger partial charge in [-0.05, 0) is 42.8 Å². The Bertz CT molecular complexity index is 1240. The monoisotopic (exact) mass is 547 g/mol. The summed E-state index contributed by atoms with van der Waals surface area (Å²) in [6, 6.07) is 9.75. The zero-order chi connectivity index (χ0) is 26.2. The van der Waals surface area contributed by atoms with Crippen LogP contribution in [0.15, 0.2) is 42.6 Å². The normalized spacial score (nSPS) is 13.9. The maximum Gasteiger partial charge on any atom is 0.257 e. The van der Waals surface area contributed by atoms with Crippen molar-refractivity contribution in [3.8, 4) is 17.1 Å². The van der Waals surface area contributed by atoms with Gasteiger partial charge >= 0.3 is 0 Å². The molecule has 1 fully saturated rings. The predicted octanol–water partition coefficient (Wildman–Crippen LogP) is 4.25. The summed E-state index contributed by atoms with van der Waals surface area (Å²) in [4.78, 5) is 23.7. The maximum atomic E-state index is 13.8. The molecule has 0 aliphatic carbocycles. The van der Waals surface area contributed by atoms with Gasteiger partial charge < -0.3 is 20.5 Å². The van der Waals surface area contributed by atoms with Gasteiger partial charge in [0.2, 0.25) is 0 Å². The third-order valence-electron chi connectivity index (χ3n) is 5.96. The van der Waals surface area contributed by atoms with Crippen molar-refractivity contribution in [1.82, 2.24) is 20.2 Å². The minimum absolute atomic E-state index is 0.0416. The van der Waals surface area contributed by atoms with E-state index in [0.29, 0.717) is 34.0 Å². The first-order chi connectivity index (χ1) is 17.9. The molecule has 2 aromatic carbocycles. The molecule has 1 amide bonds. The Labute approximate surface area is 224 Å². The van der Waals surface area contributed by atoms with E-state index in [0.717, 1.165) is 39.3 Å². The standard InChI is InChI=1S/C26H28Cl2FN5O3/c27-20-5-6-21(29)23(28)19(20)7-12-37-26-24(30)32-16-22(33-26)17-3-1-4-18(15-17)25(35)31-8-2-9-34-10-13-36-14-11-34/h1,3-6,15-16H,2,7-14H2,(H2,30,32)(H,31,35). The topological polar surface area (TPSA) is 103 Å². The Morgan fingerprint density at radius 3 is 2.84 bits per heavy atom. The molecule has 2 heterocycles. The van der Waals surface area contributed by atoms with E-state index in [4.69, 9.17) is 38.4 Å². The van der Waals surface area contributed by atoms with E-state index < -0.39 is 5.82 Å². The van der Waals surface area contributed by atoms with E-state index in [1.54, 1.807) is 18.2 Å². The lowest BCUT2D eigenvalue weighted by Crippen LogP contribution is -2.38. The second-order valence-electron chi connectivity index (χ2n) is 8.51. The van der Waals surface area contributed by atoms with Gasteiger partial charge in [-0.15, -0.1) is 0 Å². The van der Waals surface area contributed by atoms with Crippen LogP contribution in [-0.2, 0) is 11.2 Å². The highest BCUT2D eigenvalue weighted by Crippen LogP contribution is 2.28. The van der Waals surface area contributed by atoms with Gasteiger partial charge in [-0.25, -0.2) is 14.4 Å². The summed E-state index contributed by atoms with van der Waals surface area (Å²) < 4.78 is 24.8. The quantitative estimate of drug-likeness (QED) is 0.289. The highest BCUT2D eigenvalue weighted by atomic mass is 35.5. The summed E-state index contributed by atoms with van der Waals surface area (Å²) in [6.07, 6.45) is 2.63. The summed E-state index contributed by atoms with van der Waals surface area (Å²) in [7, 11) is 0. The fourth-order valence-electron chi connectivity index (χ4n) is 3.93. The third kappa shape index (κ3) is 7.29. The number of rotatable bonds is 10. The lowest BCUT2D eigenvalue weighted by atomic mass is 10.1. The van der Waals surface area contributed by atoms with Crippen molar-refractivity contribution < 1.29 is 18.7 Å². The molecule has 3 N–H and O–H groups in total. The molecule has 196 valence electrons. The maximum absolute atomic E-state index is 13.8. The molecule has 37 heavy (non-hydrogen) atoms. The highest BCUT2D eigenvalue weighted by molar-refractivity contribution is 6.36. The molecule has 4 rings (SSSR count). The molecule has 11 heteroatoms. The van der Waals surface area contributed by atoms with Crippen molar-refractivity contribution in [1.29, 1.82) is 0 Å². The molecule has 0 unspecified atom stereocenters. The lowest BCUT2D eigenvalue weighted by Gasteiger charge is -2.26. The van der Waals surface area contributed by atoms with Gasteiger partial charge in [0, 0.05) is 42.2 Å². The molecule has 1 aliphatic heterocycles. The van der Waals surface area contributed by atoms with Crippen LogP contribution in [0.3, 0.4) is 0 Å². The minimum Gasteiger partial charge on any atom is -0.475 e. The molecule has 0 atom stereocenters. The number of carbonyl (C=O) groups excluding carboxylic acids is 1. The minimum atomic E-state index is -0.552. The first-order valence-corrected chi connectivity index (χ1v) is 12.7. The van der Waals surface area contributed by atoms with Crippen LogP contribution in [0.5, 0.6) is 5.88 Å². The van der Waals surface area contributed by atoms with Crippen LogP contribution < -0.4 is 15.8 Å². The number of anilines is 1. The van der Waals surface area contributed by atoms with E-state index in [2.05, 4.69) is 20.2 Å². The average Bonchev–Trinajstić information content (AvgIpc) is 2.92. The number of morpholine rings is 1. The third-order valence-corrected chi connectivity index (χ3v) is 6.72. The van der Waals surface area contributed by atoms with Crippen LogP contribution in [0.25, 0.3) is 11.3 Å². The Hall–Kier alpha value is -2.98. The van der Waals surface area contributed by atoms with Gasteiger partial charge in [0.25, 0.3) is 11.8 Å². The van der Waals surface area contributed by atoms with Crippen molar-refractivity contribution >= 4 is 34.9 Å². The summed E-state index contributed by atoms with van der Waals surface area (Å²) in [5.74, 6) is -0.482. The number of nitrogens with one attached hydrogen (secondary N) is 1. The van der Waals surface area contributed by atoms with Gasteiger partial charge in [0.05, 0.1) is 36.7 Å². The molecule has 1 aliphatic rings. The van der Waals surface area contributed by atoms with Crippen LogP contribution >= 0.6 is 23.2 Å². The molecule has 1 aromatic heterocycles. The zero-order valence-corrected chi connectivity index (χ0v) is 21.7. The second kappa shape index (κ2) is 13.0. The van der Waals surface area contributed by atoms with Crippen LogP contribution in [0, 0.1) is 5.82 Å². The number of halogens is 3. The molecular formula is C26H28Cl2FN5O3. The van der Waals surface area contributed by atoms with Gasteiger partial charge in [-0.2, -0.15) is 0 Å². The number of amides is 1. The van der Waals surface area contributed by atoms with Gasteiger partial charge in [0.15, 0.2) is 5.82 Å². The lowest BCUT2D eigenvalue weighted by molar-refractivity contribution is 0.0374. The van der Waals surface area contributed by atoms with Crippen LogP contribution in [0.1, 0.15) is 22.3 Å². The van der Waals surface area contributed by atoms with Crippen LogP contribution in [-0.4, -0.2) is 66.8 Å². The first kappa shape index (κ1) is 27.1. The fourth-order valence-corrected chi connectivity index (χ4v) is 4.49. The van der Waals surface area contributed by atoms with Crippen LogP contribution in [0.4, 0.5) is 10.2 Å². The van der Waals surface area contributed by atoms with E-state index in [-0.39, 0.29) is 35.7 Å². The van der Waals surface area contributed by atoms with Gasteiger partial charge in [-0.3, -0.25) is 9.69 Å². The molecule has 8 nitrogen and oxygen atoms in total. The molecule has 0 saturated carbocycles. The Kier molecular flexibility index (Phi) is 9.51. The Morgan fingerprint density at radius 2 is 2.03 bits per heavy atom. The van der Waals surface area contributed by atoms with E-state index in [9.17, 15) is 9.18 Å². The number of benzene rings is 2. The summed E-state index contributed by atoms with van der Waals surface area (Å²) in [6.45, 7) is 4.99. The van der Waals surface area contributed by atoms with E-state index in [1.165, 1.54) is 18.3 Å². The number of aromatic nitrogens is 2. The number of hydrogen-bond donors (Lipinski definition) is 2. The number of nitrogens with two attached hydrogens (primary N) is 1. The zero-order valence-electron chi connectivity index (χ0n) is 20.2. The Morgan fingerprint density at radius 1 is 1.22 bits per heavy atom. The highest BCUT2D eigenvalue weighted by Gasteiger charge is 2.14. The molecule has 1 saturated heterocycles. The van der Waals surface area contributed by atoms with Crippen molar-refractivity contribution in [3.05, 3.63) is 69.6 Å². The molecule has 3 aromatic rings. The van der Waals surface area contributed by atoms with Crippen molar-refractivity contribution in [3.63, 3.8) is 0 Å². The van der Waals surface area contributed by atoms with Crippen molar-refractivity contribution in [2.75, 3.05) is 51.7 Å². The summed E-state index contributed by atoms with van der Waals surface area (Å²) in [5, 5.41) is 3.27. The number of nitrogen functional groups attached to an aromatic ring is 1. The smallest absolute Gasteiger partial charge is 0.257 e. The second-order valence-corrected chi connectivity index (χ2v) is 9.30. The summed E-state index contributed by atoms with van der Waals surface area (Å²) >= 11 is 12.2. The fraction of sp³-hybridized carbons (Fsp3) is 0.346. The first-order valence-electron chi connectivity index (χ1n) is 12.0. The Balaban J connectivity index is 1.35. The number of ether oxygens (including phenoxy) is 2. The van der Waals surface area contributed by atoms with E-state index in [1.807, 2.05) is 6.07 Å². The largest absolute Gasteiger partial charge is 0.475 e. The molecule has 0 radical (unpaired) electrons. The van der Waals surface area contributed by atoms with Crippen molar-refractivity contribution in [2.45, 2.75) is 12.8 Å².